The van der Waals surface area contributed by atoms with Gasteiger partial charge in [-0.25, -0.2) is 4.39 Å². The Bertz CT molecular complexity index is 565. The Morgan fingerprint density at radius 1 is 1.38 bits per heavy atom. The van der Waals surface area contributed by atoms with Gasteiger partial charge in [0.05, 0.1) is 18.8 Å². The lowest BCUT2D eigenvalue weighted by Gasteiger charge is -2.37. The molecule has 1 saturated heterocycles. The van der Waals surface area contributed by atoms with E-state index in [1.165, 1.54) is 24.3 Å². The number of hydrogen-bond donors (Lipinski definition) is 1. The van der Waals surface area contributed by atoms with Gasteiger partial charge in [0.2, 0.25) is 0 Å². The van der Waals surface area contributed by atoms with Crippen LogP contribution in [0.15, 0.2) is 24.3 Å². The smallest absolute Gasteiger partial charge is 0.253 e. The molecule has 0 saturated carbocycles. The van der Waals surface area contributed by atoms with Crippen molar-refractivity contribution in [1.82, 2.24) is 9.80 Å². The number of carbonyl (C=O) groups excluding carboxylic acids is 1. The number of hydrogen-bond acceptors (Lipinski definition) is 4. The van der Waals surface area contributed by atoms with Crippen LogP contribution in [0.25, 0.3) is 0 Å². The molecule has 0 aliphatic carbocycles. The molecule has 1 heterocycles. The van der Waals surface area contributed by atoms with E-state index in [0.717, 1.165) is 13.0 Å². The molecule has 0 radical (unpaired) electrons. The van der Waals surface area contributed by atoms with Gasteiger partial charge in [0, 0.05) is 38.3 Å². The van der Waals surface area contributed by atoms with E-state index in [1.54, 1.807) is 4.90 Å². The van der Waals surface area contributed by atoms with Gasteiger partial charge in [-0.2, -0.15) is 0 Å². The Morgan fingerprint density at radius 2 is 2.08 bits per heavy atom. The molecule has 6 heteroatoms. The topological polar surface area (TPSA) is 53.0 Å². The van der Waals surface area contributed by atoms with E-state index in [2.05, 4.69) is 18.7 Å². The van der Waals surface area contributed by atoms with Crippen LogP contribution in [0.5, 0.6) is 0 Å². The van der Waals surface area contributed by atoms with Gasteiger partial charge in [0.1, 0.15) is 5.82 Å². The van der Waals surface area contributed by atoms with Crippen LogP contribution in [0.2, 0.25) is 0 Å². The van der Waals surface area contributed by atoms with Crippen molar-refractivity contribution in [3.05, 3.63) is 35.6 Å². The summed E-state index contributed by atoms with van der Waals surface area (Å²) >= 11 is 0. The number of ether oxygens (including phenoxy) is 1. The predicted octanol–water partition coefficient (Wildman–Crippen LogP) is 2.40. The zero-order chi connectivity index (χ0) is 19.1. The fraction of sp³-hybridized carbons (Fsp3) is 0.650. The Hall–Kier alpha value is -1.50. The maximum Gasteiger partial charge on any atom is 0.253 e. The molecular weight excluding hydrogens is 335 g/mol. The van der Waals surface area contributed by atoms with Crippen molar-refractivity contribution in [3.63, 3.8) is 0 Å². The second-order valence-electron chi connectivity index (χ2n) is 7.43. The third-order valence-electron chi connectivity index (χ3n) is 4.55. The molecule has 1 fully saturated rings. The zero-order valence-corrected chi connectivity index (χ0v) is 16.0. The maximum atomic E-state index is 13.1. The van der Waals surface area contributed by atoms with Crippen LogP contribution in [0.1, 0.15) is 37.6 Å². The molecular formula is C20H31FN2O3. The van der Waals surface area contributed by atoms with Crippen molar-refractivity contribution in [3.8, 4) is 0 Å². The molecule has 2 rings (SSSR count). The second kappa shape index (κ2) is 10.00. The Kier molecular flexibility index (Phi) is 8.00. The molecule has 0 spiro atoms. The molecule has 1 aliphatic rings. The first kappa shape index (κ1) is 20.8. The van der Waals surface area contributed by atoms with Gasteiger partial charge in [0.25, 0.3) is 5.91 Å². The van der Waals surface area contributed by atoms with Crippen LogP contribution in [0.4, 0.5) is 4.39 Å². The molecule has 2 atom stereocenters. The number of amides is 1. The summed E-state index contributed by atoms with van der Waals surface area (Å²) in [7, 11) is 0. The second-order valence-corrected chi connectivity index (χ2v) is 7.43. The first-order valence-corrected chi connectivity index (χ1v) is 9.45. The average Bonchev–Trinajstić information content (AvgIpc) is 2.61. The first-order chi connectivity index (χ1) is 12.4. The summed E-state index contributed by atoms with van der Waals surface area (Å²) in [6.07, 6.45) is 0.308. The van der Waals surface area contributed by atoms with Crippen LogP contribution < -0.4 is 0 Å². The molecule has 5 nitrogen and oxygen atoms in total. The van der Waals surface area contributed by atoms with E-state index < -0.39 is 0 Å². The average molecular weight is 366 g/mol. The number of carbonyl (C=O) groups is 1. The molecule has 26 heavy (non-hydrogen) atoms. The van der Waals surface area contributed by atoms with Gasteiger partial charge in [-0.3, -0.25) is 9.69 Å². The highest BCUT2D eigenvalue weighted by molar-refractivity contribution is 5.94. The first-order valence-electron chi connectivity index (χ1n) is 9.45. The zero-order valence-electron chi connectivity index (χ0n) is 16.0. The van der Waals surface area contributed by atoms with Gasteiger partial charge in [-0.15, -0.1) is 0 Å². The van der Waals surface area contributed by atoms with Crippen LogP contribution in [0.3, 0.4) is 0 Å². The SMILES string of the molecule is CC[C@@H](O)CN1CCO[C@@H](CN(CC(C)C)C(=O)c2ccc(F)cc2)C1. The molecule has 1 N–H and O–H groups in total. The molecule has 0 bridgehead atoms. The third-order valence-corrected chi connectivity index (χ3v) is 4.55. The summed E-state index contributed by atoms with van der Waals surface area (Å²) in [6, 6.07) is 5.67. The van der Waals surface area contributed by atoms with E-state index in [0.29, 0.717) is 44.3 Å². The van der Waals surface area contributed by atoms with Crippen molar-refractivity contribution in [2.75, 3.05) is 39.3 Å². The number of morpholine rings is 1. The minimum atomic E-state index is -0.349. The quantitative estimate of drug-likeness (QED) is 0.768. The number of halogens is 1. The van der Waals surface area contributed by atoms with E-state index in [4.69, 9.17) is 4.74 Å². The number of rotatable bonds is 8. The normalized spacial score (nSPS) is 19.5. The van der Waals surface area contributed by atoms with Crippen LogP contribution in [0, 0.1) is 11.7 Å². The Morgan fingerprint density at radius 3 is 2.69 bits per heavy atom. The number of nitrogens with zero attached hydrogens (tertiary/aromatic N) is 2. The highest BCUT2D eigenvalue weighted by atomic mass is 19.1. The third kappa shape index (κ3) is 6.34. The molecule has 0 aromatic heterocycles. The van der Waals surface area contributed by atoms with Crippen molar-refractivity contribution in [2.24, 2.45) is 5.92 Å². The summed E-state index contributed by atoms with van der Waals surface area (Å²) in [4.78, 5) is 16.9. The number of β-amino-alcohol motifs (C(OH)–C–C–N with tert-alkyl or cyclic N) is 1. The van der Waals surface area contributed by atoms with E-state index in [1.807, 2.05) is 6.92 Å². The highest BCUT2D eigenvalue weighted by Crippen LogP contribution is 2.14. The number of aliphatic hydroxyl groups excluding tert-OH is 1. The fourth-order valence-electron chi connectivity index (χ4n) is 3.19. The number of aliphatic hydroxyl groups is 1. The standard InChI is InChI=1S/C20H31FN2O3/c1-4-18(24)12-22-9-10-26-19(13-22)14-23(11-15(2)3)20(25)16-5-7-17(21)8-6-16/h5-8,15,18-19,24H,4,9-14H2,1-3H3/t18-,19-/m1/s1. The van der Waals surface area contributed by atoms with Crippen molar-refractivity contribution < 1.29 is 19.0 Å². The van der Waals surface area contributed by atoms with Gasteiger partial charge in [-0.1, -0.05) is 20.8 Å². The van der Waals surface area contributed by atoms with Crippen molar-refractivity contribution in [1.29, 1.82) is 0 Å². The molecule has 146 valence electrons. The largest absolute Gasteiger partial charge is 0.392 e. The molecule has 0 unspecified atom stereocenters. The Labute approximate surface area is 155 Å². The summed E-state index contributed by atoms with van der Waals surface area (Å²) in [6.45, 7) is 9.93. The van der Waals surface area contributed by atoms with E-state index in [-0.39, 0.29) is 23.9 Å². The minimum Gasteiger partial charge on any atom is -0.392 e. The maximum absolute atomic E-state index is 13.1. The van der Waals surface area contributed by atoms with Crippen molar-refractivity contribution >= 4 is 5.91 Å². The molecule has 1 aromatic rings. The lowest BCUT2D eigenvalue weighted by Crippen LogP contribution is -2.50. The lowest BCUT2D eigenvalue weighted by molar-refractivity contribution is -0.0513. The van der Waals surface area contributed by atoms with E-state index >= 15 is 0 Å². The molecule has 1 amide bonds. The Balaban J connectivity index is 2.02. The number of benzene rings is 1. The van der Waals surface area contributed by atoms with E-state index in [9.17, 15) is 14.3 Å². The van der Waals surface area contributed by atoms with Crippen LogP contribution >= 0.6 is 0 Å². The van der Waals surface area contributed by atoms with Gasteiger partial charge >= 0.3 is 0 Å². The summed E-state index contributed by atoms with van der Waals surface area (Å²) in [5, 5.41) is 9.88. The highest BCUT2D eigenvalue weighted by Gasteiger charge is 2.26. The summed E-state index contributed by atoms with van der Waals surface area (Å²) in [5.41, 5.74) is 0.487. The van der Waals surface area contributed by atoms with Crippen LogP contribution in [-0.4, -0.2) is 72.4 Å². The lowest BCUT2D eigenvalue weighted by atomic mass is 10.1. The molecule has 1 aliphatic heterocycles. The minimum absolute atomic E-state index is 0.0871. The summed E-state index contributed by atoms with van der Waals surface area (Å²) < 4.78 is 19.0. The monoisotopic (exact) mass is 366 g/mol. The summed E-state index contributed by atoms with van der Waals surface area (Å²) in [5.74, 6) is -0.133. The fourth-order valence-corrected chi connectivity index (χ4v) is 3.19. The van der Waals surface area contributed by atoms with Gasteiger partial charge in [-0.05, 0) is 36.6 Å². The van der Waals surface area contributed by atoms with Crippen molar-refractivity contribution in [2.45, 2.75) is 39.4 Å². The van der Waals surface area contributed by atoms with Crippen LogP contribution in [-0.2, 0) is 4.74 Å². The molecule has 1 aromatic carbocycles. The van der Waals surface area contributed by atoms with Gasteiger partial charge in [0.15, 0.2) is 0 Å². The van der Waals surface area contributed by atoms with Gasteiger partial charge < -0.3 is 14.7 Å². The predicted molar refractivity (Wildman–Crippen MR) is 99.6 cm³/mol.